The molecule has 0 aromatic carbocycles. The summed E-state index contributed by atoms with van der Waals surface area (Å²) >= 11 is 0. The van der Waals surface area contributed by atoms with E-state index in [4.69, 9.17) is 9.47 Å². The van der Waals surface area contributed by atoms with Gasteiger partial charge in [0.2, 0.25) is 0 Å². The van der Waals surface area contributed by atoms with Crippen LogP contribution in [-0.4, -0.2) is 18.8 Å². The monoisotopic (exact) mass is 262 g/mol. The highest BCUT2D eigenvalue weighted by Crippen LogP contribution is 2.41. The van der Waals surface area contributed by atoms with E-state index in [-0.39, 0.29) is 11.0 Å². The first-order chi connectivity index (χ1) is 8.93. The normalized spacial score (nSPS) is 31.4. The molecule has 0 radical (unpaired) electrons. The van der Waals surface area contributed by atoms with Crippen molar-refractivity contribution in [3.8, 4) is 0 Å². The topological polar surface area (TPSA) is 18.5 Å². The lowest BCUT2D eigenvalue weighted by Crippen LogP contribution is -2.25. The Morgan fingerprint density at radius 2 is 2.00 bits per heavy atom. The van der Waals surface area contributed by atoms with Gasteiger partial charge >= 0.3 is 0 Å². The summed E-state index contributed by atoms with van der Waals surface area (Å²) < 4.78 is 11.2. The summed E-state index contributed by atoms with van der Waals surface area (Å²) in [4.78, 5) is 0. The first-order valence-corrected chi connectivity index (χ1v) is 7.26. The fourth-order valence-electron chi connectivity index (χ4n) is 2.97. The maximum atomic E-state index is 5.86. The molecule has 2 aliphatic rings. The van der Waals surface area contributed by atoms with E-state index in [0.717, 1.165) is 0 Å². The van der Waals surface area contributed by atoms with Crippen molar-refractivity contribution in [2.24, 2.45) is 5.41 Å². The summed E-state index contributed by atoms with van der Waals surface area (Å²) in [6.07, 6.45) is 12.0. The minimum absolute atomic E-state index is 0.278. The SMILES string of the molecule is CC1=C(/C=C/[C@]2(C)C=COCCO2)C(C)(C)CCC1. The van der Waals surface area contributed by atoms with E-state index in [9.17, 15) is 0 Å². The first kappa shape index (κ1) is 14.4. The third-order valence-corrected chi connectivity index (χ3v) is 4.23. The van der Waals surface area contributed by atoms with E-state index < -0.39 is 0 Å². The van der Waals surface area contributed by atoms with Crippen LogP contribution in [0, 0.1) is 5.41 Å². The molecule has 0 aromatic heterocycles. The molecule has 19 heavy (non-hydrogen) atoms. The standard InChI is InChI=1S/C17H26O2/c1-14-6-5-8-16(2,3)15(14)7-9-17(4)10-11-18-12-13-19-17/h7,9-11H,5-6,8,12-13H2,1-4H3/b9-7+/t17-/m1/s1. The van der Waals surface area contributed by atoms with Gasteiger partial charge in [-0.05, 0) is 56.3 Å². The number of allylic oxidation sites excluding steroid dienone is 3. The largest absolute Gasteiger partial charge is 0.499 e. The van der Waals surface area contributed by atoms with Crippen molar-refractivity contribution in [3.05, 3.63) is 35.6 Å². The van der Waals surface area contributed by atoms with Gasteiger partial charge in [0.15, 0.2) is 0 Å². The lowest BCUT2D eigenvalue weighted by molar-refractivity contribution is 0.0293. The van der Waals surface area contributed by atoms with Gasteiger partial charge in [-0.3, -0.25) is 0 Å². The van der Waals surface area contributed by atoms with E-state index in [2.05, 4.69) is 39.8 Å². The maximum Gasteiger partial charge on any atom is 0.111 e. The first-order valence-electron chi connectivity index (χ1n) is 7.26. The Kier molecular flexibility index (Phi) is 4.19. The smallest absolute Gasteiger partial charge is 0.111 e. The van der Waals surface area contributed by atoms with Crippen LogP contribution < -0.4 is 0 Å². The van der Waals surface area contributed by atoms with E-state index >= 15 is 0 Å². The summed E-state index contributed by atoms with van der Waals surface area (Å²) in [7, 11) is 0. The summed E-state index contributed by atoms with van der Waals surface area (Å²) in [5.41, 5.74) is 2.92. The second-order valence-corrected chi connectivity index (χ2v) is 6.47. The van der Waals surface area contributed by atoms with Gasteiger partial charge in [-0.1, -0.05) is 25.5 Å². The highest BCUT2D eigenvalue weighted by molar-refractivity contribution is 5.34. The molecule has 0 N–H and O–H groups in total. The number of ether oxygens (including phenoxy) is 2. The minimum Gasteiger partial charge on any atom is -0.499 e. The lowest BCUT2D eigenvalue weighted by Gasteiger charge is -2.33. The fourth-order valence-corrected chi connectivity index (χ4v) is 2.97. The second kappa shape index (κ2) is 5.54. The summed E-state index contributed by atoms with van der Waals surface area (Å²) in [5, 5.41) is 0. The van der Waals surface area contributed by atoms with Crippen LogP contribution in [0.1, 0.15) is 47.0 Å². The highest BCUT2D eigenvalue weighted by atomic mass is 16.5. The zero-order valence-corrected chi connectivity index (χ0v) is 12.7. The predicted molar refractivity (Wildman–Crippen MR) is 78.9 cm³/mol. The summed E-state index contributed by atoms with van der Waals surface area (Å²) in [5.74, 6) is 0. The van der Waals surface area contributed by atoms with Crippen molar-refractivity contribution in [2.45, 2.75) is 52.6 Å². The zero-order valence-electron chi connectivity index (χ0n) is 12.7. The predicted octanol–water partition coefficient (Wildman–Crippen LogP) is 4.39. The van der Waals surface area contributed by atoms with Gasteiger partial charge in [-0.2, -0.15) is 0 Å². The van der Waals surface area contributed by atoms with Gasteiger partial charge in [0, 0.05) is 0 Å². The number of hydrogen-bond donors (Lipinski definition) is 0. The Bertz CT molecular complexity index is 415. The molecule has 0 bridgehead atoms. The average Bonchev–Trinajstić information content (AvgIpc) is 2.53. The van der Waals surface area contributed by atoms with E-state index in [1.807, 2.05) is 6.08 Å². The molecule has 1 atom stereocenters. The van der Waals surface area contributed by atoms with Gasteiger partial charge in [-0.25, -0.2) is 0 Å². The molecule has 0 spiro atoms. The van der Waals surface area contributed by atoms with Crippen LogP contribution in [0.5, 0.6) is 0 Å². The Hall–Kier alpha value is -1.02. The molecule has 0 saturated carbocycles. The zero-order chi connectivity index (χ0) is 13.9. The second-order valence-electron chi connectivity index (χ2n) is 6.47. The summed E-state index contributed by atoms with van der Waals surface area (Å²) in [6, 6.07) is 0. The van der Waals surface area contributed by atoms with Crippen molar-refractivity contribution in [3.63, 3.8) is 0 Å². The Balaban J connectivity index is 2.21. The van der Waals surface area contributed by atoms with Crippen LogP contribution in [0.25, 0.3) is 0 Å². The van der Waals surface area contributed by atoms with Gasteiger partial charge < -0.3 is 9.47 Å². The van der Waals surface area contributed by atoms with Gasteiger partial charge in [0.05, 0.1) is 12.9 Å². The number of hydrogen-bond acceptors (Lipinski definition) is 2. The molecule has 0 amide bonds. The number of rotatable bonds is 2. The molecule has 0 saturated heterocycles. The molecule has 2 rings (SSSR count). The average molecular weight is 262 g/mol. The quantitative estimate of drug-likeness (QED) is 0.735. The van der Waals surface area contributed by atoms with Crippen LogP contribution in [0.15, 0.2) is 35.6 Å². The van der Waals surface area contributed by atoms with Crippen LogP contribution in [0.2, 0.25) is 0 Å². The highest BCUT2D eigenvalue weighted by Gasteiger charge is 2.28. The lowest BCUT2D eigenvalue weighted by atomic mass is 9.72. The third-order valence-electron chi connectivity index (χ3n) is 4.23. The molecular weight excluding hydrogens is 236 g/mol. The Morgan fingerprint density at radius 1 is 1.21 bits per heavy atom. The van der Waals surface area contributed by atoms with Crippen molar-refractivity contribution in [1.29, 1.82) is 0 Å². The van der Waals surface area contributed by atoms with Gasteiger partial charge in [-0.15, -0.1) is 0 Å². The summed E-state index contributed by atoms with van der Waals surface area (Å²) in [6.45, 7) is 10.3. The molecule has 2 heteroatoms. The maximum absolute atomic E-state index is 5.86. The molecular formula is C17H26O2. The molecule has 1 heterocycles. The molecule has 1 aliphatic carbocycles. The molecule has 0 unspecified atom stereocenters. The van der Waals surface area contributed by atoms with Crippen LogP contribution in [0.3, 0.4) is 0 Å². The molecule has 2 nitrogen and oxygen atoms in total. The van der Waals surface area contributed by atoms with Crippen molar-refractivity contribution in [1.82, 2.24) is 0 Å². The molecule has 0 aromatic rings. The minimum atomic E-state index is -0.350. The third kappa shape index (κ3) is 3.50. The molecule has 1 aliphatic heterocycles. The Labute approximate surface area is 117 Å². The molecule has 0 fully saturated rings. The van der Waals surface area contributed by atoms with Crippen LogP contribution >= 0.6 is 0 Å². The fraction of sp³-hybridized carbons (Fsp3) is 0.647. The molecule has 106 valence electrons. The van der Waals surface area contributed by atoms with Gasteiger partial charge in [0.25, 0.3) is 0 Å². The Morgan fingerprint density at radius 3 is 2.74 bits per heavy atom. The van der Waals surface area contributed by atoms with E-state index in [1.54, 1.807) is 6.26 Å². The van der Waals surface area contributed by atoms with E-state index in [0.29, 0.717) is 13.2 Å². The van der Waals surface area contributed by atoms with Crippen molar-refractivity contribution < 1.29 is 9.47 Å². The van der Waals surface area contributed by atoms with Gasteiger partial charge in [0.1, 0.15) is 12.2 Å². The van der Waals surface area contributed by atoms with Crippen LogP contribution in [0.4, 0.5) is 0 Å². The van der Waals surface area contributed by atoms with Crippen molar-refractivity contribution >= 4 is 0 Å². The van der Waals surface area contributed by atoms with E-state index in [1.165, 1.54) is 30.4 Å². The van der Waals surface area contributed by atoms with Crippen LogP contribution in [-0.2, 0) is 9.47 Å². The van der Waals surface area contributed by atoms with Crippen molar-refractivity contribution in [2.75, 3.05) is 13.2 Å².